The van der Waals surface area contributed by atoms with Crippen molar-refractivity contribution in [3.8, 4) is 5.75 Å². The topological polar surface area (TPSA) is 76.1 Å². The van der Waals surface area contributed by atoms with Gasteiger partial charge in [0.1, 0.15) is 12.4 Å². The van der Waals surface area contributed by atoms with E-state index in [9.17, 15) is 4.79 Å². The second kappa shape index (κ2) is 9.50. The van der Waals surface area contributed by atoms with Crippen molar-refractivity contribution >= 4 is 17.5 Å². The van der Waals surface area contributed by atoms with Crippen LogP contribution < -0.4 is 15.4 Å². The van der Waals surface area contributed by atoms with Crippen LogP contribution in [0.5, 0.6) is 5.75 Å². The Morgan fingerprint density at radius 3 is 2.36 bits per heavy atom. The SMILES string of the molecule is CCC(C)Nc1ncc(C(=O)Nc2ccc(OCc3ccccc3)cc2)cn1. The highest BCUT2D eigenvalue weighted by molar-refractivity contribution is 6.03. The minimum atomic E-state index is -0.256. The highest BCUT2D eigenvalue weighted by Crippen LogP contribution is 2.18. The molecule has 0 aliphatic carbocycles. The third kappa shape index (κ3) is 5.54. The van der Waals surface area contributed by atoms with Crippen LogP contribution in [0.4, 0.5) is 11.6 Å². The van der Waals surface area contributed by atoms with Gasteiger partial charge in [-0.05, 0) is 43.2 Å². The summed E-state index contributed by atoms with van der Waals surface area (Å²) in [5, 5.41) is 6.01. The Bertz CT molecular complexity index is 881. The van der Waals surface area contributed by atoms with E-state index in [0.29, 0.717) is 23.8 Å². The fraction of sp³-hybridized carbons (Fsp3) is 0.227. The van der Waals surface area contributed by atoms with E-state index in [2.05, 4.69) is 34.4 Å². The van der Waals surface area contributed by atoms with Crippen LogP contribution in [-0.2, 0) is 6.61 Å². The second-order valence-electron chi connectivity index (χ2n) is 6.50. The lowest BCUT2D eigenvalue weighted by Crippen LogP contribution is -2.17. The van der Waals surface area contributed by atoms with Crippen LogP contribution in [0.2, 0.25) is 0 Å². The van der Waals surface area contributed by atoms with E-state index >= 15 is 0 Å². The maximum atomic E-state index is 12.4. The van der Waals surface area contributed by atoms with Crippen molar-refractivity contribution in [3.05, 3.63) is 78.1 Å². The first-order valence-corrected chi connectivity index (χ1v) is 9.30. The van der Waals surface area contributed by atoms with Crippen molar-refractivity contribution in [1.29, 1.82) is 0 Å². The first-order chi connectivity index (χ1) is 13.6. The van der Waals surface area contributed by atoms with E-state index in [1.54, 1.807) is 12.1 Å². The van der Waals surface area contributed by atoms with E-state index in [-0.39, 0.29) is 11.9 Å². The van der Waals surface area contributed by atoms with Crippen molar-refractivity contribution in [2.24, 2.45) is 0 Å². The molecule has 1 amide bonds. The predicted octanol–water partition coefficient (Wildman–Crippen LogP) is 4.52. The number of nitrogens with zero attached hydrogens (tertiary/aromatic N) is 2. The van der Waals surface area contributed by atoms with E-state index in [1.807, 2.05) is 42.5 Å². The summed E-state index contributed by atoms with van der Waals surface area (Å²) in [6, 6.07) is 17.5. The Morgan fingerprint density at radius 1 is 1.04 bits per heavy atom. The van der Waals surface area contributed by atoms with Crippen molar-refractivity contribution in [3.63, 3.8) is 0 Å². The number of rotatable bonds is 8. The van der Waals surface area contributed by atoms with Crippen LogP contribution in [0.25, 0.3) is 0 Å². The van der Waals surface area contributed by atoms with Gasteiger partial charge in [-0.3, -0.25) is 4.79 Å². The molecular weight excluding hydrogens is 352 g/mol. The fourth-order valence-corrected chi connectivity index (χ4v) is 2.42. The van der Waals surface area contributed by atoms with E-state index < -0.39 is 0 Å². The summed E-state index contributed by atoms with van der Waals surface area (Å²) in [7, 11) is 0. The van der Waals surface area contributed by atoms with Gasteiger partial charge in [0.15, 0.2) is 0 Å². The smallest absolute Gasteiger partial charge is 0.258 e. The van der Waals surface area contributed by atoms with Gasteiger partial charge < -0.3 is 15.4 Å². The summed E-state index contributed by atoms with van der Waals surface area (Å²) < 4.78 is 5.75. The molecule has 28 heavy (non-hydrogen) atoms. The molecule has 0 saturated heterocycles. The molecule has 0 aliphatic rings. The minimum absolute atomic E-state index is 0.256. The number of hydrogen-bond acceptors (Lipinski definition) is 5. The van der Waals surface area contributed by atoms with Gasteiger partial charge in [-0.15, -0.1) is 0 Å². The summed E-state index contributed by atoms with van der Waals surface area (Å²) in [5.41, 5.74) is 2.18. The molecule has 6 heteroatoms. The summed E-state index contributed by atoms with van der Waals surface area (Å²) in [6.45, 7) is 4.63. The van der Waals surface area contributed by atoms with E-state index in [0.717, 1.165) is 17.7 Å². The zero-order valence-electron chi connectivity index (χ0n) is 16.1. The number of benzene rings is 2. The molecule has 1 unspecified atom stereocenters. The first-order valence-electron chi connectivity index (χ1n) is 9.30. The van der Waals surface area contributed by atoms with Crippen LogP contribution >= 0.6 is 0 Å². The zero-order chi connectivity index (χ0) is 19.8. The van der Waals surface area contributed by atoms with E-state index in [1.165, 1.54) is 12.4 Å². The molecule has 2 aromatic carbocycles. The standard InChI is InChI=1S/C22H24N4O2/c1-3-16(2)25-22-23-13-18(14-24-22)21(27)26-19-9-11-20(12-10-19)28-15-17-7-5-4-6-8-17/h4-14,16H,3,15H2,1-2H3,(H,26,27)(H,23,24,25). The number of carbonyl (C=O) groups excluding carboxylic acids is 1. The fourth-order valence-electron chi connectivity index (χ4n) is 2.42. The van der Waals surface area contributed by atoms with Gasteiger partial charge in [-0.1, -0.05) is 37.3 Å². The number of carbonyl (C=O) groups is 1. The Hall–Kier alpha value is -3.41. The molecule has 2 N–H and O–H groups in total. The van der Waals surface area contributed by atoms with Gasteiger partial charge in [-0.25, -0.2) is 9.97 Å². The molecule has 1 heterocycles. The van der Waals surface area contributed by atoms with Crippen LogP contribution in [0.15, 0.2) is 67.0 Å². The summed E-state index contributed by atoms with van der Waals surface area (Å²) >= 11 is 0. The third-order valence-corrected chi connectivity index (χ3v) is 4.26. The van der Waals surface area contributed by atoms with Gasteiger partial charge in [0.2, 0.25) is 5.95 Å². The predicted molar refractivity (Wildman–Crippen MR) is 111 cm³/mol. The molecule has 3 aromatic rings. The molecule has 0 radical (unpaired) electrons. The third-order valence-electron chi connectivity index (χ3n) is 4.26. The molecule has 1 aromatic heterocycles. The highest BCUT2D eigenvalue weighted by Gasteiger charge is 2.09. The molecule has 0 spiro atoms. The van der Waals surface area contributed by atoms with E-state index in [4.69, 9.17) is 4.74 Å². The van der Waals surface area contributed by atoms with Crippen molar-refractivity contribution in [2.75, 3.05) is 10.6 Å². The largest absolute Gasteiger partial charge is 0.489 e. The minimum Gasteiger partial charge on any atom is -0.489 e. The molecule has 0 bridgehead atoms. The van der Waals surface area contributed by atoms with Crippen LogP contribution in [0.3, 0.4) is 0 Å². The molecule has 0 aliphatic heterocycles. The van der Waals surface area contributed by atoms with Crippen LogP contribution in [0.1, 0.15) is 36.2 Å². The number of aromatic nitrogens is 2. The molecule has 3 rings (SSSR count). The lowest BCUT2D eigenvalue weighted by atomic mass is 10.2. The summed E-state index contributed by atoms with van der Waals surface area (Å²) in [6.07, 6.45) is 4.01. The maximum absolute atomic E-state index is 12.4. The number of hydrogen-bond donors (Lipinski definition) is 2. The average molecular weight is 376 g/mol. The lowest BCUT2D eigenvalue weighted by Gasteiger charge is -2.11. The normalized spacial score (nSPS) is 11.5. The van der Waals surface area contributed by atoms with Gasteiger partial charge in [0.25, 0.3) is 5.91 Å². The molecule has 0 fully saturated rings. The molecular formula is C22H24N4O2. The molecule has 144 valence electrons. The summed E-state index contributed by atoms with van der Waals surface area (Å²) in [4.78, 5) is 20.7. The van der Waals surface area contributed by atoms with Crippen LogP contribution in [0, 0.1) is 0 Å². The van der Waals surface area contributed by atoms with Gasteiger partial charge in [-0.2, -0.15) is 0 Å². The van der Waals surface area contributed by atoms with Crippen molar-refractivity contribution in [1.82, 2.24) is 9.97 Å². The second-order valence-corrected chi connectivity index (χ2v) is 6.50. The number of anilines is 2. The first kappa shape index (κ1) is 19.4. The van der Waals surface area contributed by atoms with Crippen molar-refractivity contribution in [2.45, 2.75) is 32.9 Å². The van der Waals surface area contributed by atoms with Crippen molar-refractivity contribution < 1.29 is 9.53 Å². The zero-order valence-corrected chi connectivity index (χ0v) is 16.1. The monoisotopic (exact) mass is 376 g/mol. The Labute approximate surface area is 165 Å². The maximum Gasteiger partial charge on any atom is 0.258 e. The molecule has 6 nitrogen and oxygen atoms in total. The lowest BCUT2D eigenvalue weighted by molar-refractivity contribution is 0.102. The highest BCUT2D eigenvalue weighted by atomic mass is 16.5. The molecule has 1 atom stereocenters. The number of amides is 1. The summed E-state index contributed by atoms with van der Waals surface area (Å²) in [5.74, 6) is 1.00. The number of ether oxygens (including phenoxy) is 1. The van der Waals surface area contributed by atoms with Gasteiger partial charge in [0, 0.05) is 24.1 Å². The average Bonchev–Trinajstić information content (AvgIpc) is 2.74. The quantitative estimate of drug-likeness (QED) is 0.604. The number of nitrogens with one attached hydrogen (secondary N) is 2. The van der Waals surface area contributed by atoms with Gasteiger partial charge >= 0.3 is 0 Å². The van der Waals surface area contributed by atoms with Gasteiger partial charge in [0.05, 0.1) is 5.56 Å². The Balaban J connectivity index is 1.54. The molecule has 0 saturated carbocycles. The Morgan fingerprint density at radius 2 is 1.71 bits per heavy atom. The van der Waals surface area contributed by atoms with Crippen LogP contribution in [-0.4, -0.2) is 21.9 Å². The Kier molecular flexibility index (Phi) is 6.57.